The Kier molecular flexibility index (Phi) is 7.30. The Morgan fingerprint density at radius 1 is 1.42 bits per heavy atom. The number of hydrogen-bond donors (Lipinski definition) is 1. The average molecular weight is 297 g/mol. The van der Waals surface area contributed by atoms with Crippen LogP contribution in [0.1, 0.15) is 32.3 Å². The van der Waals surface area contributed by atoms with Gasteiger partial charge < -0.3 is 0 Å². The summed E-state index contributed by atoms with van der Waals surface area (Å²) in [4.78, 5) is 0. The summed E-state index contributed by atoms with van der Waals surface area (Å²) in [5.41, 5.74) is 0.795. The summed E-state index contributed by atoms with van der Waals surface area (Å²) in [6.07, 6.45) is 1.92. The highest BCUT2D eigenvalue weighted by atomic mass is 35.5. The van der Waals surface area contributed by atoms with Crippen LogP contribution in [-0.4, -0.2) is 17.8 Å². The first-order valence-corrected chi connectivity index (χ1v) is 8.12. The molecule has 104 valence electrons. The first-order valence-electron chi connectivity index (χ1n) is 6.59. The fraction of sp³-hybridized carbons (Fsp3) is 0.533. The first kappa shape index (κ1) is 16.4. The summed E-state index contributed by atoms with van der Waals surface area (Å²) in [6.45, 7) is 4.83. The molecule has 1 aromatic carbocycles. The molecule has 0 aliphatic heterocycles. The van der Waals surface area contributed by atoms with Crippen molar-refractivity contribution in [2.24, 2.45) is 0 Å². The maximum absolute atomic E-state index is 9.15. The van der Waals surface area contributed by atoms with Gasteiger partial charge in [0.25, 0.3) is 0 Å². The summed E-state index contributed by atoms with van der Waals surface area (Å²) in [6, 6.07) is 10.3. The van der Waals surface area contributed by atoms with E-state index in [2.05, 4.69) is 17.5 Å². The Hall–Kier alpha value is -0.690. The minimum absolute atomic E-state index is 0.389. The molecular weight excluding hydrogens is 276 g/mol. The van der Waals surface area contributed by atoms with E-state index in [0.717, 1.165) is 35.9 Å². The van der Waals surface area contributed by atoms with Crippen LogP contribution in [0, 0.1) is 11.3 Å². The molecule has 1 aromatic rings. The fourth-order valence-electron chi connectivity index (χ4n) is 1.90. The number of rotatable bonds is 8. The number of nitriles is 1. The monoisotopic (exact) mass is 296 g/mol. The molecule has 1 unspecified atom stereocenters. The third-order valence-corrected chi connectivity index (χ3v) is 4.46. The van der Waals surface area contributed by atoms with E-state index in [1.165, 1.54) is 5.56 Å². The highest BCUT2D eigenvalue weighted by molar-refractivity contribution is 7.98. The molecule has 19 heavy (non-hydrogen) atoms. The van der Waals surface area contributed by atoms with Crippen LogP contribution >= 0.6 is 23.4 Å². The van der Waals surface area contributed by atoms with Gasteiger partial charge in [0.05, 0.1) is 6.07 Å². The van der Waals surface area contributed by atoms with Crippen LogP contribution < -0.4 is 5.32 Å². The molecule has 0 saturated carbocycles. The molecule has 1 N–H and O–H groups in total. The number of nitrogens with one attached hydrogen (secondary N) is 1. The molecule has 1 atom stereocenters. The Balaban J connectivity index is 2.25. The second-order valence-electron chi connectivity index (χ2n) is 4.72. The van der Waals surface area contributed by atoms with Crippen molar-refractivity contribution in [3.63, 3.8) is 0 Å². The van der Waals surface area contributed by atoms with Gasteiger partial charge in [0.2, 0.25) is 0 Å². The van der Waals surface area contributed by atoms with E-state index in [-0.39, 0.29) is 5.54 Å². The van der Waals surface area contributed by atoms with Crippen LogP contribution in [0.4, 0.5) is 0 Å². The van der Waals surface area contributed by atoms with Gasteiger partial charge in [0.15, 0.2) is 0 Å². The summed E-state index contributed by atoms with van der Waals surface area (Å²) < 4.78 is 0. The quantitative estimate of drug-likeness (QED) is 0.729. The fourth-order valence-corrected chi connectivity index (χ4v) is 3.15. The Bertz CT molecular complexity index is 430. The average Bonchev–Trinajstić information content (AvgIpc) is 2.41. The molecule has 0 aliphatic carbocycles. The lowest BCUT2D eigenvalue weighted by atomic mass is 9.98. The minimum atomic E-state index is -0.389. The van der Waals surface area contributed by atoms with Crippen molar-refractivity contribution < 1.29 is 0 Å². The second-order valence-corrected chi connectivity index (χ2v) is 6.23. The lowest BCUT2D eigenvalue weighted by Gasteiger charge is -2.22. The summed E-state index contributed by atoms with van der Waals surface area (Å²) in [5, 5.41) is 13.2. The van der Waals surface area contributed by atoms with Gasteiger partial charge in [-0.15, -0.1) is 0 Å². The van der Waals surface area contributed by atoms with Gasteiger partial charge in [0.1, 0.15) is 5.54 Å². The third kappa shape index (κ3) is 5.86. The predicted molar refractivity (Wildman–Crippen MR) is 84.5 cm³/mol. The standard InChI is InChI=1S/C15H21ClN2S/c1-3-18-15(2,12-17)9-6-10-19-11-13-7-4-5-8-14(13)16/h4-5,7-8,18H,3,6,9-11H2,1-2H3. The minimum Gasteiger partial charge on any atom is -0.300 e. The second kappa shape index (κ2) is 8.47. The zero-order valence-electron chi connectivity index (χ0n) is 11.6. The number of halogens is 1. The van der Waals surface area contributed by atoms with Crippen molar-refractivity contribution in [3.8, 4) is 6.07 Å². The van der Waals surface area contributed by atoms with Crippen molar-refractivity contribution in [1.82, 2.24) is 5.32 Å². The molecule has 0 bridgehead atoms. The van der Waals surface area contributed by atoms with E-state index in [4.69, 9.17) is 16.9 Å². The summed E-state index contributed by atoms with van der Waals surface area (Å²) in [7, 11) is 0. The van der Waals surface area contributed by atoms with Crippen LogP contribution in [0.5, 0.6) is 0 Å². The van der Waals surface area contributed by atoms with E-state index in [1.54, 1.807) is 0 Å². The van der Waals surface area contributed by atoms with E-state index < -0.39 is 0 Å². The van der Waals surface area contributed by atoms with Crippen LogP contribution in [0.3, 0.4) is 0 Å². The maximum atomic E-state index is 9.15. The SMILES string of the molecule is CCNC(C)(C#N)CCCSCc1ccccc1Cl. The largest absolute Gasteiger partial charge is 0.300 e. The third-order valence-electron chi connectivity index (χ3n) is 2.99. The smallest absolute Gasteiger partial charge is 0.103 e. The predicted octanol–water partition coefficient (Wildman–Crippen LogP) is 4.25. The number of hydrogen-bond acceptors (Lipinski definition) is 3. The topological polar surface area (TPSA) is 35.8 Å². The van der Waals surface area contributed by atoms with Gasteiger partial charge in [0, 0.05) is 10.8 Å². The number of nitrogens with zero attached hydrogens (tertiary/aromatic N) is 1. The van der Waals surface area contributed by atoms with Crippen molar-refractivity contribution in [3.05, 3.63) is 34.9 Å². The van der Waals surface area contributed by atoms with E-state index in [9.17, 15) is 0 Å². The Labute approximate surface area is 125 Å². The maximum Gasteiger partial charge on any atom is 0.103 e. The molecule has 0 spiro atoms. The normalized spacial score (nSPS) is 13.8. The zero-order valence-corrected chi connectivity index (χ0v) is 13.2. The van der Waals surface area contributed by atoms with Gasteiger partial charge in [-0.25, -0.2) is 0 Å². The van der Waals surface area contributed by atoms with E-state index in [1.807, 2.05) is 43.8 Å². The Morgan fingerprint density at radius 2 is 2.16 bits per heavy atom. The van der Waals surface area contributed by atoms with Crippen molar-refractivity contribution in [2.75, 3.05) is 12.3 Å². The molecule has 0 amide bonds. The van der Waals surface area contributed by atoms with Crippen molar-refractivity contribution >= 4 is 23.4 Å². The zero-order chi connectivity index (χ0) is 14.1. The lowest BCUT2D eigenvalue weighted by Crippen LogP contribution is -2.40. The molecule has 0 radical (unpaired) electrons. The van der Waals surface area contributed by atoms with Gasteiger partial charge >= 0.3 is 0 Å². The van der Waals surface area contributed by atoms with Gasteiger partial charge in [-0.3, -0.25) is 5.32 Å². The highest BCUT2D eigenvalue weighted by Gasteiger charge is 2.21. The van der Waals surface area contributed by atoms with Crippen LogP contribution in [0.25, 0.3) is 0 Å². The lowest BCUT2D eigenvalue weighted by molar-refractivity contribution is 0.426. The van der Waals surface area contributed by atoms with Gasteiger partial charge in [-0.05, 0) is 43.7 Å². The molecular formula is C15H21ClN2S. The van der Waals surface area contributed by atoms with Crippen LogP contribution in [0.2, 0.25) is 5.02 Å². The first-order chi connectivity index (χ1) is 9.11. The van der Waals surface area contributed by atoms with Gasteiger partial charge in [-0.2, -0.15) is 17.0 Å². The van der Waals surface area contributed by atoms with Crippen LogP contribution in [-0.2, 0) is 5.75 Å². The Morgan fingerprint density at radius 3 is 2.79 bits per heavy atom. The van der Waals surface area contributed by atoms with E-state index >= 15 is 0 Å². The number of thioether (sulfide) groups is 1. The van der Waals surface area contributed by atoms with Crippen molar-refractivity contribution in [1.29, 1.82) is 5.26 Å². The molecule has 4 heteroatoms. The van der Waals surface area contributed by atoms with Crippen molar-refractivity contribution in [2.45, 2.75) is 38.0 Å². The summed E-state index contributed by atoms with van der Waals surface area (Å²) >= 11 is 7.98. The van der Waals surface area contributed by atoms with Crippen LogP contribution in [0.15, 0.2) is 24.3 Å². The molecule has 0 saturated heterocycles. The molecule has 0 fully saturated rings. The van der Waals surface area contributed by atoms with Gasteiger partial charge in [-0.1, -0.05) is 36.7 Å². The summed E-state index contributed by atoms with van der Waals surface area (Å²) in [5.74, 6) is 1.98. The number of benzene rings is 1. The molecule has 0 heterocycles. The molecule has 2 nitrogen and oxygen atoms in total. The van der Waals surface area contributed by atoms with E-state index in [0.29, 0.717) is 0 Å². The molecule has 1 rings (SSSR count). The molecule has 0 aliphatic rings. The highest BCUT2D eigenvalue weighted by Crippen LogP contribution is 2.22. The molecule has 0 aromatic heterocycles.